The summed E-state index contributed by atoms with van der Waals surface area (Å²) in [7, 11) is 0. The van der Waals surface area contributed by atoms with Crippen LogP contribution < -0.4 is 4.74 Å². The molecule has 0 aliphatic carbocycles. The topological polar surface area (TPSA) is 68.9 Å². The summed E-state index contributed by atoms with van der Waals surface area (Å²) < 4.78 is 17.7. The highest BCUT2D eigenvalue weighted by molar-refractivity contribution is 5.86. The predicted octanol–water partition coefficient (Wildman–Crippen LogP) is 5.64. The summed E-state index contributed by atoms with van der Waals surface area (Å²) in [5.74, 6) is -0.340. The Kier molecular flexibility index (Phi) is 6.65. The Hall–Kier alpha value is -3.57. The molecule has 0 radical (unpaired) electrons. The average molecular weight is 416 g/mol. The minimum Gasteiger partial charge on any atom is -0.489 e. The van der Waals surface area contributed by atoms with Crippen molar-refractivity contribution >= 4 is 16.9 Å². The Morgan fingerprint density at radius 2 is 1.55 bits per heavy atom. The van der Waals surface area contributed by atoms with E-state index < -0.39 is 5.97 Å². The molecule has 0 amide bonds. The second-order valence-corrected chi connectivity index (χ2v) is 7.21. The molecular weight excluding hydrogens is 392 g/mol. The van der Waals surface area contributed by atoms with Crippen LogP contribution in [0.3, 0.4) is 0 Å². The van der Waals surface area contributed by atoms with Gasteiger partial charge in [0.25, 0.3) is 0 Å². The molecule has 5 heteroatoms. The summed E-state index contributed by atoms with van der Waals surface area (Å²) in [6.07, 6.45) is 2.20. The fourth-order valence-electron chi connectivity index (χ4n) is 3.57. The van der Waals surface area contributed by atoms with Crippen molar-refractivity contribution in [3.8, 4) is 5.75 Å². The summed E-state index contributed by atoms with van der Waals surface area (Å²) in [6.45, 7) is 0.622. The summed E-state index contributed by atoms with van der Waals surface area (Å²) in [5.41, 5.74) is 3.88. The van der Waals surface area contributed by atoms with Gasteiger partial charge in [-0.15, -0.1) is 0 Å². The molecule has 4 aromatic rings. The predicted molar refractivity (Wildman–Crippen MR) is 118 cm³/mol. The summed E-state index contributed by atoms with van der Waals surface area (Å²) in [4.78, 5) is 10.7. The van der Waals surface area contributed by atoms with Crippen LogP contribution in [-0.2, 0) is 16.0 Å². The number of carbonyl (C=O) groups is 1. The zero-order chi connectivity index (χ0) is 21.5. The second kappa shape index (κ2) is 9.96. The van der Waals surface area contributed by atoms with Gasteiger partial charge in [0.15, 0.2) is 11.3 Å². The van der Waals surface area contributed by atoms with Crippen molar-refractivity contribution in [2.45, 2.75) is 18.9 Å². The van der Waals surface area contributed by atoms with Crippen LogP contribution >= 0.6 is 0 Å². The zero-order valence-electron chi connectivity index (χ0n) is 17.1. The molecule has 0 unspecified atom stereocenters. The highest BCUT2D eigenvalue weighted by atomic mass is 16.5. The molecule has 0 saturated carbocycles. The lowest BCUT2D eigenvalue weighted by Crippen LogP contribution is -2.09. The third kappa shape index (κ3) is 5.13. The number of hydrogen-bond donors (Lipinski definition) is 1. The molecule has 3 aromatic carbocycles. The van der Waals surface area contributed by atoms with Gasteiger partial charge in [-0.05, 0) is 23.6 Å². The maximum atomic E-state index is 10.7. The highest BCUT2D eigenvalue weighted by Crippen LogP contribution is 2.31. The number of ether oxygens (including phenoxy) is 2. The molecule has 0 aliphatic rings. The molecule has 5 nitrogen and oxygen atoms in total. The first-order valence-corrected chi connectivity index (χ1v) is 10.3. The Morgan fingerprint density at radius 1 is 0.871 bits per heavy atom. The van der Waals surface area contributed by atoms with Crippen LogP contribution in [0.4, 0.5) is 0 Å². The summed E-state index contributed by atoms with van der Waals surface area (Å²) in [5, 5.41) is 9.75. The van der Waals surface area contributed by atoms with E-state index in [1.54, 1.807) is 12.3 Å². The van der Waals surface area contributed by atoms with Gasteiger partial charge in [-0.3, -0.25) is 4.79 Å². The van der Waals surface area contributed by atoms with Crippen LogP contribution in [0.1, 0.15) is 29.2 Å². The van der Waals surface area contributed by atoms with Crippen molar-refractivity contribution in [1.29, 1.82) is 0 Å². The third-order valence-electron chi connectivity index (χ3n) is 5.08. The molecule has 4 rings (SSSR count). The van der Waals surface area contributed by atoms with Crippen LogP contribution in [0.25, 0.3) is 11.0 Å². The van der Waals surface area contributed by atoms with Crippen molar-refractivity contribution in [1.82, 2.24) is 0 Å². The van der Waals surface area contributed by atoms with Gasteiger partial charge in [-0.2, -0.15) is 0 Å². The third-order valence-corrected chi connectivity index (χ3v) is 5.08. The van der Waals surface area contributed by atoms with E-state index in [1.165, 1.54) is 0 Å². The molecule has 1 N–H and O–H groups in total. The molecule has 31 heavy (non-hydrogen) atoms. The fraction of sp³-hybridized carbons (Fsp3) is 0.192. The number of para-hydroxylation sites is 1. The number of hydrogen-bond acceptors (Lipinski definition) is 4. The van der Waals surface area contributed by atoms with Crippen molar-refractivity contribution in [3.63, 3.8) is 0 Å². The Balaban J connectivity index is 1.46. The van der Waals surface area contributed by atoms with Crippen molar-refractivity contribution in [2.75, 3.05) is 13.2 Å². The lowest BCUT2D eigenvalue weighted by Gasteiger charge is -2.19. The molecule has 1 aromatic heterocycles. The molecule has 0 bridgehead atoms. The van der Waals surface area contributed by atoms with Crippen LogP contribution in [0.2, 0.25) is 0 Å². The highest BCUT2D eigenvalue weighted by Gasteiger charge is 2.16. The van der Waals surface area contributed by atoms with Gasteiger partial charge in [0, 0.05) is 10.9 Å². The van der Waals surface area contributed by atoms with E-state index >= 15 is 0 Å². The molecule has 0 spiro atoms. The molecule has 0 fully saturated rings. The molecule has 0 aliphatic heterocycles. The summed E-state index contributed by atoms with van der Waals surface area (Å²) >= 11 is 0. The normalized spacial score (nSPS) is 11.1. The van der Waals surface area contributed by atoms with E-state index in [2.05, 4.69) is 24.3 Å². The average Bonchev–Trinajstić information content (AvgIpc) is 3.22. The molecular formula is C26H24O5. The van der Waals surface area contributed by atoms with E-state index in [-0.39, 0.29) is 19.1 Å². The molecule has 158 valence electrons. The van der Waals surface area contributed by atoms with Crippen LogP contribution in [-0.4, -0.2) is 24.3 Å². The summed E-state index contributed by atoms with van der Waals surface area (Å²) in [6, 6.07) is 26.0. The minimum absolute atomic E-state index is 0.0574. The van der Waals surface area contributed by atoms with E-state index in [0.29, 0.717) is 24.4 Å². The van der Waals surface area contributed by atoms with Gasteiger partial charge in [0.2, 0.25) is 0 Å². The number of fused-ring (bicyclic) bond motifs is 1. The Bertz CT molecular complexity index is 1080. The van der Waals surface area contributed by atoms with Gasteiger partial charge >= 0.3 is 5.97 Å². The number of aliphatic carboxylic acids is 1. The largest absolute Gasteiger partial charge is 0.489 e. The number of benzene rings is 3. The van der Waals surface area contributed by atoms with Crippen molar-refractivity contribution < 1.29 is 23.8 Å². The fourth-order valence-corrected chi connectivity index (χ4v) is 3.57. The first-order valence-electron chi connectivity index (χ1n) is 10.3. The zero-order valence-corrected chi connectivity index (χ0v) is 17.1. The van der Waals surface area contributed by atoms with Gasteiger partial charge < -0.3 is 19.0 Å². The van der Waals surface area contributed by atoms with E-state index in [4.69, 9.17) is 19.0 Å². The number of furan rings is 1. The van der Waals surface area contributed by atoms with Crippen molar-refractivity contribution in [3.05, 3.63) is 102 Å². The van der Waals surface area contributed by atoms with E-state index in [0.717, 1.165) is 22.1 Å². The maximum Gasteiger partial charge on any atom is 0.306 e. The van der Waals surface area contributed by atoms with Crippen LogP contribution in [0, 0.1) is 0 Å². The van der Waals surface area contributed by atoms with Crippen LogP contribution in [0.15, 0.2) is 89.5 Å². The lowest BCUT2D eigenvalue weighted by molar-refractivity contribution is -0.137. The SMILES string of the molecule is O=C(O)CCOc1cccc2c(CCOC(c3ccccc3)c3ccccc3)coc12. The van der Waals surface area contributed by atoms with Crippen LogP contribution in [0.5, 0.6) is 5.75 Å². The van der Waals surface area contributed by atoms with Gasteiger partial charge in [-0.1, -0.05) is 72.8 Å². The first-order chi connectivity index (χ1) is 15.2. The maximum absolute atomic E-state index is 10.7. The number of rotatable bonds is 10. The standard InChI is InChI=1S/C26H24O5/c27-24(28)15-17-29-23-13-7-12-22-21(18-31-26(22)23)14-16-30-25(19-8-3-1-4-9-19)20-10-5-2-6-11-20/h1-13,18,25H,14-17H2,(H,27,28). The first kappa shape index (κ1) is 20.7. The number of carboxylic acids is 1. The smallest absolute Gasteiger partial charge is 0.306 e. The molecule has 1 heterocycles. The minimum atomic E-state index is -0.893. The quantitative estimate of drug-likeness (QED) is 0.363. The monoisotopic (exact) mass is 416 g/mol. The van der Waals surface area contributed by atoms with Gasteiger partial charge in [-0.25, -0.2) is 0 Å². The second-order valence-electron chi connectivity index (χ2n) is 7.21. The molecule has 0 saturated heterocycles. The number of carboxylic acid groups (broad SMARTS) is 1. The van der Waals surface area contributed by atoms with E-state index in [1.807, 2.05) is 48.5 Å². The Labute approximate surface area is 180 Å². The van der Waals surface area contributed by atoms with Gasteiger partial charge in [0.05, 0.1) is 25.9 Å². The van der Waals surface area contributed by atoms with Crippen molar-refractivity contribution in [2.24, 2.45) is 0 Å². The molecule has 0 atom stereocenters. The Morgan fingerprint density at radius 3 is 2.19 bits per heavy atom. The lowest BCUT2D eigenvalue weighted by atomic mass is 10.0. The van der Waals surface area contributed by atoms with E-state index in [9.17, 15) is 4.79 Å². The van der Waals surface area contributed by atoms with Gasteiger partial charge in [0.1, 0.15) is 6.10 Å².